The minimum absolute atomic E-state index is 0.761. The summed E-state index contributed by atoms with van der Waals surface area (Å²) in [7, 11) is 0. The molecule has 0 spiro atoms. The topological polar surface area (TPSA) is 41.1 Å². The van der Waals surface area contributed by atoms with E-state index < -0.39 is 0 Å². The van der Waals surface area contributed by atoms with Crippen molar-refractivity contribution in [1.29, 1.82) is 0 Å². The predicted octanol–water partition coefficient (Wildman–Crippen LogP) is 3.80. The van der Waals surface area contributed by atoms with Crippen molar-refractivity contribution in [2.45, 2.75) is 6.54 Å². The summed E-state index contributed by atoms with van der Waals surface area (Å²) in [5.41, 5.74) is 2.24. The second kappa shape index (κ2) is 7.09. The Hall–Kier alpha value is -2.27. The van der Waals surface area contributed by atoms with Gasteiger partial charge in [-0.25, -0.2) is 4.98 Å². The SMILES string of the molecule is c1ccc(CNc2nc(N3CCSCC3)nc3ccccc23)cc1. The van der Waals surface area contributed by atoms with Crippen LogP contribution in [0.15, 0.2) is 54.6 Å². The largest absolute Gasteiger partial charge is 0.365 e. The molecule has 1 aliphatic rings. The summed E-state index contributed by atoms with van der Waals surface area (Å²) in [5, 5.41) is 4.57. The van der Waals surface area contributed by atoms with Gasteiger partial charge in [0.05, 0.1) is 5.52 Å². The van der Waals surface area contributed by atoms with Crippen LogP contribution in [0.3, 0.4) is 0 Å². The van der Waals surface area contributed by atoms with Gasteiger partial charge in [0.1, 0.15) is 5.82 Å². The third kappa shape index (κ3) is 3.31. The fourth-order valence-electron chi connectivity index (χ4n) is 2.89. The highest BCUT2D eigenvalue weighted by Gasteiger charge is 2.16. The third-order valence-electron chi connectivity index (χ3n) is 4.19. The number of hydrogen-bond donors (Lipinski definition) is 1. The zero-order chi connectivity index (χ0) is 16.2. The molecule has 2 heterocycles. The highest BCUT2D eigenvalue weighted by Crippen LogP contribution is 2.25. The summed E-state index contributed by atoms with van der Waals surface area (Å²) in [5.74, 6) is 4.04. The summed E-state index contributed by atoms with van der Waals surface area (Å²) in [6.07, 6.45) is 0. The van der Waals surface area contributed by atoms with Crippen LogP contribution in [-0.4, -0.2) is 34.6 Å². The first-order valence-electron chi connectivity index (χ1n) is 8.27. The van der Waals surface area contributed by atoms with Crippen LogP contribution in [0.2, 0.25) is 0 Å². The maximum Gasteiger partial charge on any atom is 0.227 e. The van der Waals surface area contributed by atoms with Crippen LogP contribution in [0.1, 0.15) is 5.56 Å². The van der Waals surface area contributed by atoms with Crippen molar-refractivity contribution in [1.82, 2.24) is 9.97 Å². The molecule has 1 fully saturated rings. The molecule has 4 nitrogen and oxygen atoms in total. The Morgan fingerprint density at radius 3 is 2.50 bits per heavy atom. The predicted molar refractivity (Wildman–Crippen MR) is 103 cm³/mol. The van der Waals surface area contributed by atoms with Crippen LogP contribution in [0, 0.1) is 0 Å². The molecule has 0 unspecified atom stereocenters. The highest BCUT2D eigenvalue weighted by atomic mass is 32.2. The molecule has 0 saturated carbocycles. The van der Waals surface area contributed by atoms with E-state index in [9.17, 15) is 0 Å². The number of fused-ring (bicyclic) bond motifs is 1. The van der Waals surface area contributed by atoms with Crippen molar-refractivity contribution in [2.75, 3.05) is 34.8 Å². The minimum atomic E-state index is 0.761. The number of para-hydroxylation sites is 1. The van der Waals surface area contributed by atoms with Crippen LogP contribution in [-0.2, 0) is 6.54 Å². The van der Waals surface area contributed by atoms with Gasteiger partial charge in [0.2, 0.25) is 5.95 Å². The second-order valence-corrected chi connectivity index (χ2v) is 7.05. The van der Waals surface area contributed by atoms with Gasteiger partial charge in [-0.3, -0.25) is 0 Å². The Morgan fingerprint density at radius 1 is 0.917 bits per heavy atom. The summed E-state index contributed by atoms with van der Waals surface area (Å²) in [4.78, 5) is 11.9. The van der Waals surface area contributed by atoms with Gasteiger partial charge >= 0.3 is 0 Å². The van der Waals surface area contributed by atoms with Crippen LogP contribution in [0.5, 0.6) is 0 Å². The van der Waals surface area contributed by atoms with Crippen LogP contribution < -0.4 is 10.2 Å². The molecule has 0 atom stereocenters. The fraction of sp³-hybridized carbons (Fsp3) is 0.263. The molecule has 24 heavy (non-hydrogen) atoms. The van der Waals surface area contributed by atoms with Gasteiger partial charge in [0, 0.05) is 36.5 Å². The Kier molecular flexibility index (Phi) is 4.51. The smallest absolute Gasteiger partial charge is 0.227 e. The molecule has 1 aliphatic heterocycles. The van der Waals surface area contributed by atoms with Crippen LogP contribution >= 0.6 is 11.8 Å². The lowest BCUT2D eigenvalue weighted by atomic mass is 10.2. The number of rotatable bonds is 4. The van der Waals surface area contributed by atoms with Crippen LogP contribution in [0.4, 0.5) is 11.8 Å². The quantitative estimate of drug-likeness (QED) is 0.785. The molecule has 0 aliphatic carbocycles. The van der Waals surface area contributed by atoms with E-state index in [-0.39, 0.29) is 0 Å². The zero-order valence-electron chi connectivity index (χ0n) is 13.5. The highest BCUT2D eigenvalue weighted by molar-refractivity contribution is 7.99. The van der Waals surface area contributed by atoms with Crippen molar-refractivity contribution in [3.63, 3.8) is 0 Å². The van der Waals surface area contributed by atoms with Gasteiger partial charge in [0.25, 0.3) is 0 Å². The van der Waals surface area contributed by atoms with Gasteiger partial charge in [0.15, 0.2) is 0 Å². The molecule has 3 aromatic rings. The number of nitrogens with zero attached hydrogens (tertiary/aromatic N) is 3. The van der Waals surface area contributed by atoms with E-state index in [0.29, 0.717) is 0 Å². The van der Waals surface area contributed by atoms with Gasteiger partial charge in [-0.2, -0.15) is 16.7 Å². The average molecular weight is 336 g/mol. The fourth-order valence-corrected chi connectivity index (χ4v) is 3.79. The van der Waals surface area contributed by atoms with Gasteiger partial charge < -0.3 is 10.2 Å². The van der Waals surface area contributed by atoms with Crippen molar-refractivity contribution in [2.24, 2.45) is 0 Å². The zero-order valence-corrected chi connectivity index (χ0v) is 14.3. The first-order valence-corrected chi connectivity index (χ1v) is 9.43. The van der Waals surface area contributed by atoms with Crippen molar-refractivity contribution in [3.05, 3.63) is 60.2 Å². The lowest BCUT2D eigenvalue weighted by molar-refractivity contribution is 0.820. The van der Waals surface area contributed by atoms with Gasteiger partial charge in [-0.15, -0.1) is 0 Å². The monoisotopic (exact) mass is 336 g/mol. The number of thioether (sulfide) groups is 1. The lowest BCUT2D eigenvalue weighted by Gasteiger charge is -2.27. The molecular weight excluding hydrogens is 316 g/mol. The van der Waals surface area contributed by atoms with Crippen molar-refractivity contribution in [3.8, 4) is 0 Å². The molecule has 0 bridgehead atoms. The molecule has 1 saturated heterocycles. The molecule has 1 N–H and O–H groups in total. The standard InChI is InChI=1S/C19H20N4S/c1-2-6-15(7-3-1)14-20-18-16-8-4-5-9-17(16)21-19(22-18)23-10-12-24-13-11-23/h1-9H,10-14H2,(H,20,21,22). The molecule has 0 radical (unpaired) electrons. The Morgan fingerprint density at radius 2 is 1.67 bits per heavy atom. The molecule has 2 aromatic carbocycles. The number of hydrogen-bond acceptors (Lipinski definition) is 5. The number of nitrogens with one attached hydrogen (secondary N) is 1. The lowest BCUT2D eigenvalue weighted by Crippen LogP contribution is -2.34. The van der Waals surface area contributed by atoms with E-state index in [2.05, 4.69) is 46.6 Å². The van der Waals surface area contributed by atoms with E-state index in [1.165, 1.54) is 5.56 Å². The van der Waals surface area contributed by atoms with Crippen molar-refractivity contribution >= 4 is 34.4 Å². The van der Waals surface area contributed by atoms with Gasteiger partial charge in [-0.05, 0) is 17.7 Å². The first-order chi connectivity index (χ1) is 11.9. The van der Waals surface area contributed by atoms with E-state index in [1.54, 1.807) is 0 Å². The molecule has 4 rings (SSSR count). The maximum atomic E-state index is 4.83. The summed E-state index contributed by atoms with van der Waals surface area (Å²) < 4.78 is 0. The van der Waals surface area contributed by atoms with E-state index in [4.69, 9.17) is 9.97 Å². The summed E-state index contributed by atoms with van der Waals surface area (Å²) in [6.45, 7) is 2.79. The molecule has 0 amide bonds. The molecule has 5 heteroatoms. The molecule has 1 aromatic heterocycles. The minimum Gasteiger partial charge on any atom is -0.365 e. The van der Waals surface area contributed by atoms with Gasteiger partial charge in [-0.1, -0.05) is 42.5 Å². The summed E-state index contributed by atoms with van der Waals surface area (Å²) >= 11 is 2.00. The Labute approximate surface area is 146 Å². The number of benzene rings is 2. The van der Waals surface area contributed by atoms with Crippen molar-refractivity contribution < 1.29 is 0 Å². The Balaban J connectivity index is 1.66. The number of aromatic nitrogens is 2. The number of anilines is 2. The maximum absolute atomic E-state index is 4.83. The normalized spacial score (nSPS) is 14.8. The molecular formula is C19H20N4S. The third-order valence-corrected chi connectivity index (χ3v) is 5.13. The second-order valence-electron chi connectivity index (χ2n) is 5.83. The average Bonchev–Trinajstić information content (AvgIpc) is 2.67. The Bertz CT molecular complexity index is 816. The summed E-state index contributed by atoms with van der Waals surface area (Å²) in [6, 6.07) is 18.6. The first kappa shape index (κ1) is 15.3. The van der Waals surface area contributed by atoms with Crippen LogP contribution in [0.25, 0.3) is 10.9 Å². The van der Waals surface area contributed by atoms with E-state index in [1.807, 2.05) is 30.0 Å². The molecule has 122 valence electrons. The van der Waals surface area contributed by atoms with E-state index in [0.717, 1.165) is 53.8 Å². The van der Waals surface area contributed by atoms with E-state index >= 15 is 0 Å².